The van der Waals surface area contributed by atoms with Crippen LogP contribution in [-0.4, -0.2) is 86.9 Å². The minimum Gasteiger partial charge on any atom is -0.381 e. The van der Waals surface area contributed by atoms with Gasteiger partial charge in [0.25, 0.3) is 0 Å². The lowest BCUT2D eigenvalue weighted by atomic mass is 10.1. The van der Waals surface area contributed by atoms with Gasteiger partial charge >= 0.3 is 0 Å². The fraction of sp³-hybridized carbons (Fsp3) is 1.00. The fourth-order valence-electron chi connectivity index (χ4n) is 2.20. The van der Waals surface area contributed by atoms with Crippen molar-refractivity contribution in [2.75, 3.05) is 52.9 Å². The zero-order valence-electron chi connectivity index (χ0n) is 16.8. The number of epoxide rings is 2. The van der Waals surface area contributed by atoms with E-state index in [0.29, 0.717) is 39.5 Å². The summed E-state index contributed by atoms with van der Waals surface area (Å²) in [5.74, 6) is -0.259. The maximum atomic E-state index is 9.96. The Kier molecular flexibility index (Phi) is 14.3. The van der Waals surface area contributed by atoms with E-state index < -0.39 is 12.6 Å². The van der Waals surface area contributed by atoms with Crippen molar-refractivity contribution in [2.45, 2.75) is 58.2 Å². The van der Waals surface area contributed by atoms with Gasteiger partial charge in [-0.3, -0.25) is 0 Å². The maximum Gasteiger partial charge on any atom is 0.159 e. The molecule has 3 N–H and O–H groups in total. The molecule has 4 unspecified atom stereocenters. The summed E-state index contributed by atoms with van der Waals surface area (Å²) in [4.78, 5) is 0. The molecule has 2 aliphatic heterocycles. The van der Waals surface area contributed by atoms with Crippen LogP contribution >= 0.6 is 0 Å². The molecule has 0 aromatic carbocycles. The summed E-state index contributed by atoms with van der Waals surface area (Å²) in [5, 5.41) is 28.1. The second-order valence-corrected chi connectivity index (χ2v) is 6.90. The minimum absolute atomic E-state index is 0.0312. The third kappa shape index (κ3) is 14.3. The largest absolute Gasteiger partial charge is 0.381 e. The zero-order chi connectivity index (χ0) is 19.9. The number of rotatable bonds is 16. The molecule has 4 atom stereocenters. The predicted octanol–water partition coefficient (Wildman–Crippen LogP) is 0.913. The van der Waals surface area contributed by atoms with Gasteiger partial charge in [-0.2, -0.15) is 0 Å². The Balaban J connectivity index is 0.00000110. The molecule has 162 valence electrons. The summed E-state index contributed by atoms with van der Waals surface area (Å²) < 4.78 is 26.0. The molecule has 2 aliphatic rings. The number of hydrogen-bond donors (Lipinski definition) is 3. The van der Waals surface area contributed by atoms with Gasteiger partial charge in [0.2, 0.25) is 0 Å². The van der Waals surface area contributed by atoms with E-state index >= 15 is 0 Å². The smallest absolute Gasteiger partial charge is 0.159 e. The van der Waals surface area contributed by atoms with Crippen LogP contribution < -0.4 is 0 Å². The van der Waals surface area contributed by atoms with Crippen LogP contribution in [0.1, 0.15) is 39.5 Å². The Morgan fingerprint density at radius 2 is 1.44 bits per heavy atom. The molecule has 0 saturated carbocycles. The Bertz CT molecular complexity index is 333. The fourth-order valence-corrected chi connectivity index (χ4v) is 2.20. The van der Waals surface area contributed by atoms with Crippen molar-refractivity contribution in [3.05, 3.63) is 0 Å². The molecule has 2 rings (SSSR count). The SMILES string of the molecule is C1CO1.CCC(COCCCCOCC(CC)C(O)OCC1CO1)C(O)O. The van der Waals surface area contributed by atoms with E-state index in [9.17, 15) is 5.11 Å². The molecule has 2 saturated heterocycles. The highest BCUT2D eigenvalue weighted by Crippen LogP contribution is 2.15. The van der Waals surface area contributed by atoms with Crippen molar-refractivity contribution in [1.29, 1.82) is 0 Å². The summed E-state index contributed by atoms with van der Waals surface area (Å²) in [6.07, 6.45) is 1.21. The van der Waals surface area contributed by atoms with Gasteiger partial charge in [-0.15, -0.1) is 0 Å². The molecule has 8 heteroatoms. The van der Waals surface area contributed by atoms with E-state index in [-0.39, 0.29) is 17.9 Å². The van der Waals surface area contributed by atoms with Gasteiger partial charge in [0.1, 0.15) is 6.10 Å². The highest BCUT2D eigenvalue weighted by atomic mass is 16.6. The molecule has 27 heavy (non-hydrogen) atoms. The molecule has 0 aromatic heterocycles. The second-order valence-electron chi connectivity index (χ2n) is 6.90. The predicted molar refractivity (Wildman–Crippen MR) is 99.2 cm³/mol. The van der Waals surface area contributed by atoms with Crippen molar-refractivity contribution in [3.8, 4) is 0 Å². The van der Waals surface area contributed by atoms with Crippen LogP contribution in [0, 0.1) is 11.8 Å². The number of ether oxygens (including phenoxy) is 5. The average Bonchev–Trinajstić information content (AvgIpc) is 3.53. The van der Waals surface area contributed by atoms with Crippen molar-refractivity contribution >= 4 is 0 Å². The molecule has 0 aliphatic carbocycles. The average molecular weight is 395 g/mol. The second kappa shape index (κ2) is 15.6. The first-order chi connectivity index (χ1) is 13.1. The molecular weight excluding hydrogens is 356 g/mol. The lowest BCUT2D eigenvalue weighted by Gasteiger charge is -2.21. The summed E-state index contributed by atoms with van der Waals surface area (Å²) in [5.41, 5.74) is 0. The van der Waals surface area contributed by atoms with Gasteiger partial charge in [-0.05, 0) is 25.7 Å². The topological polar surface area (TPSA) is 113 Å². The first-order valence-electron chi connectivity index (χ1n) is 10.1. The standard InChI is InChI=1S/C17H34O7.C2H4O/c1-3-13(16(18)19)9-21-7-5-6-8-22-10-14(4-2)17(20)24-12-15-11-23-15;1-2-3-1/h13-20H,3-12H2,1-2H3;1-2H2. The van der Waals surface area contributed by atoms with Crippen LogP contribution in [0.5, 0.6) is 0 Å². The lowest BCUT2D eigenvalue weighted by Crippen LogP contribution is -2.28. The molecule has 0 bridgehead atoms. The molecule has 0 aromatic rings. The first kappa shape index (κ1) is 24.7. The van der Waals surface area contributed by atoms with Crippen LogP contribution in [-0.2, 0) is 23.7 Å². The van der Waals surface area contributed by atoms with E-state index in [1.165, 1.54) is 0 Å². The third-order valence-corrected chi connectivity index (χ3v) is 4.42. The number of hydrogen-bond acceptors (Lipinski definition) is 8. The van der Waals surface area contributed by atoms with Crippen molar-refractivity contribution in [2.24, 2.45) is 11.8 Å². The maximum absolute atomic E-state index is 9.96. The summed E-state index contributed by atoms with van der Waals surface area (Å²) >= 11 is 0. The van der Waals surface area contributed by atoms with Crippen molar-refractivity contribution < 1.29 is 39.0 Å². The van der Waals surface area contributed by atoms with Crippen molar-refractivity contribution in [3.63, 3.8) is 0 Å². The van der Waals surface area contributed by atoms with Crippen molar-refractivity contribution in [1.82, 2.24) is 0 Å². The zero-order valence-corrected chi connectivity index (χ0v) is 16.8. The van der Waals surface area contributed by atoms with Crippen LogP contribution in [0.25, 0.3) is 0 Å². The first-order valence-corrected chi connectivity index (χ1v) is 10.1. The van der Waals surface area contributed by atoms with Crippen LogP contribution in [0.2, 0.25) is 0 Å². The molecule has 0 radical (unpaired) electrons. The molecule has 2 fully saturated rings. The third-order valence-electron chi connectivity index (χ3n) is 4.42. The number of aliphatic hydroxyl groups excluding tert-OH is 2. The van der Waals surface area contributed by atoms with E-state index in [1.54, 1.807) is 0 Å². The van der Waals surface area contributed by atoms with Gasteiger partial charge in [-0.1, -0.05) is 13.8 Å². The highest BCUT2D eigenvalue weighted by molar-refractivity contribution is 4.69. The van der Waals surface area contributed by atoms with Gasteiger partial charge in [0, 0.05) is 25.0 Å². The normalized spacial score (nSPS) is 21.3. The molecular formula is C19H38O8. The van der Waals surface area contributed by atoms with E-state index in [0.717, 1.165) is 39.1 Å². The molecule has 0 amide bonds. The number of unbranched alkanes of at least 4 members (excludes halogenated alkanes) is 1. The summed E-state index contributed by atoms with van der Waals surface area (Å²) in [6.45, 7) is 9.09. The van der Waals surface area contributed by atoms with E-state index in [1.807, 2.05) is 13.8 Å². The van der Waals surface area contributed by atoms with E-state index in [2.05, 4.69) is 4.74 Å². The monoisotopic (exact) mass is 394 g/mol. The summed E-state index contributed by atoms with van der Waals surface area (Å²) in [7, 11) is 0. The highest BCUT2D eigenvalue weighted by Gasteiger charge is 2.26. The van der Waals surface area contributed by atoms with Gasteiger partial charge in [-0.25, -0.2) is 0 Å². The lowest BCUT2D eigenvalue weighted by molar-refractivity contribution is -0.151. The van der Waals surface area contributed by atoms with E-state index in [4.69, 9.17) is 29.2 Å². The Labute approximate surface area is 162 Å². The molecule has 0 spiro atoms. The Morgan fingerprint density at radius 1 is 0.926 bits per heavy atom. The molecule has 8 nitrogen and oxygen atoms in total. The van der Waals surface area contributed by atoms with Crippen LogP contribution in [0.4, 0.5) is 0 Å². The van der Waals surface area contributed by atoms with Gasteiger partial charge < -0.3 is 39.0 Å². The minimum atomic E-state index is -1.32. The number of aliphatic hydroxyl groups is 3. The van der Waals surface area contributed by atoms with Crippen LogP contribution in [0.3, 0.4) is 0 Å². The summed E-state index contributed by atoms with van der Waals surface area (Å²) in [6, 6.07) is 0. The quantitative estimate of drug-likeness (QED) is 0.201. The van der Waals surface area contributed by atoms with Crippen LogP contribution in [0.15, 0.2) is 0 Å². The molecule has 2 heterocycles. The Hall–Kier alpha value is -0.320. The van der Waals surface area contributed by atoms with Gasteiger partial charge in [0.15, 0.2) is 12.6 Å². The Morgan fingerprint density at radius 3 is 1.85 bits per heavy atom. The van der Waals surface area contributed by atoms with Gasteiger partial charge in [0.05, 0.1) is 39.6 Å².